The number of rotatable bonds is 6. The second-order valence-corrected chi connectivity index (χ2v) is 7.44. The average Bonchev–Trinajstić information content (AvgIpc) is 3.17. The Balaban J connectivity index is 1.21. The molecule has 1 aromatic heterocycles. The number of oxazole rings is 1. The van der Waals surface area contributed by atoms with Crippen LogP contribution in [-0.4, -0.2) is 35.5 Å². The summed E-state index contributed by atoms with van der Waals surface area (Å²) in [6.07, 6.45) is 3.06. The van der Waals surface area contributed by atoms with Crippen molar-refractivity contribution in [3.8, 4) is 5.75 Å². The Labute approximate surface area is 165 Å². The third-order valence-electron chi connectivity index (χ3n) is 5.33. The first kappa shape index (κ1) is 18.5. The highest BCUT2D eigenvalue weighted by Gasteiger charge is 2.26. The number of hydrogen-bond acceptors (Lipinski definition) is 4. The van der Waals surface area contributed by atoms with Crippen LogP contribution in [0.4, 0.5) is 0 Å². The summed E-state index contributed by atoms with van der Waals surface area (Å²) in [5, 5.41) is 0. The first-order valence-corrected chi connectivity index (χ1v) is 10.0. The maximum absolute atomic E-state index is 12.5. The molecule has 0 bridgehead atoms. The van der Waals surface area contributed by atoms with Crippen LogP contribution in [0.2, 0.25) is 0 Å². The lowest BCUT2D eigenvalue weighted by Gasteiger charge is -2.30. The van der Waals surface area contributed by atoms with Crippen molar-refractivity contribution in [1.29, 1.82) is 0 Å². The van der Waals surface area contributed by atoms with Gasteiger partial charge in [-0.1, -0.05) is 29.8 Å². The van der Waals surface area contributed by atoms with Crippen LogP contribution in [0.1, 0.15) is 43.1 Å². The van der Waals surface area contributed by atoms with E-state index in [9.17, 15) is 4.79 Å². The molecule has 0 spiro atoms. The van der Waals surface area contributed by atoms with E-state index in [4.69, 9.17) is 9.15 Å². The maximum atomic E-state index is 12.5. The highest BCUT2D eigenvalue weighted by Crippen LogP contribution is 2.30. The largest absolute Gasteiger partial charge is 0.494 e. The van der Waals surface area contributed by atoms with E-state index in [1.54, 1.807) is 0 Å². The van der Waals surface area contributed by atoms with Gasteiger partial charge in [0.2, 0.25) is 5.91 Å². The topological polar surface area (TPSA) is 55.6 Å². The third-order valence-corrected chi connectivity index (χ3v) is 5.33. The summed E-state index contributed by atoms with van der Waals surface area (Å²) >= 11 is 0. The Morgan fingerprint density at radius 1 is 1.14 bits per heavy atom. The summed E-state index contributed by atoms with van der Waals surface area (Å²) in [6, 6.07) is 15.8. The van der Waals surface area contributed by atoms with Crippen molar-refractivity contribution >= 4 is 17.0 Å². The van der Waals surface area contributed by atoms with Crippen molar-refractivity contribution in [2.75, 3.05) is 19.7 Å². The van der Waals surface area contributed by atoms with Gasteiger partial charge in [0.15, 0.2) is 11.5 Å². The molecule has 1 fully saturated rings. The standard InChI is InChI=1S/C23H26N2O3/c1-17-8-10-19(11-9-17)27-16-4-7-22(26)25-14-12-18(13-15-25)23-24-20-5-2-3-6-21(20)28-23/h2-3,5-6,8-11,18H,4,7,12-16H2,1H3. The molecule has 0 atom stereocenters. The monoisotopic (exact) mass is 378 g/mol. The van der Waals surface area contributed by atoms with Crippen LogP contribution in [0.3, 0.4) is 0 Å². The van der Waals surface area contributed by atoms with Gasteiger partial charge in [0.25, 0.3) is 0 Å². The molecule has 0 saturated carbocycles. The first-order valence-electron chi connectivity index (χ1n) is 10.0. The lowest BCUT2D eigenvalue weighted by atomic mass is 9.96. The number of benzene rings is 2. The molecule has 5 nitrogen and oxygen atoms in total. The smallest absolute Gasteiger partial charge is 0.222 e. The van der Waals surface area contributed by atoms with Gasteiger partial charge < -0.3 is 14.1 Å². The van der Waals surface area contributed by atoms with Gasteiger partial charge in [0.1, 0.15) is 11.3 Å². The SMILES string of the molecule is Cc1ccc(OCCCC(=O)N2CCC(c3nc4ccccc4o3)CC2)cc1. The number of piperidine rings is 1. The molecule has 28 heavy (non-hydrogen) atoms. The molecule has 1 amide bonds. The van der Waals surface area contributed by atoms with Crippen molar-refractivity contribution in [2.24, 2.45) is 0 Å². The summed E-state index contributed by atoms with van der Waals surface area (Å²) in [7, 11) is 0. The third kappa shape index (κ3) is 4.35. The molecule has 1 aliphatic rings. The molecule has 0 radical (unpaired) electrons. The van der Waals surface area contributed by atoms with Gasteiger partial charge in [0, 0.05) is 25.4 Å². The number of nitrogens with zero attached hydrogens (tertiary/aromatic N) is 2. The quantitative estimate of drug-likeness (QED) is 0.583. The van der Waals surface area contributed by atoms with Gasteiger partial charge in [-0.15, -0.1) is 0 Å². The fourth-order valence-electron chi connectivity index (χ4n) is 3.65. The first-order chi connectivity index (χ1) is 13.7. The number of para-hydroxylation sites is 2. The zero-order chi connectivity index (χ0) is 19.3. The van der Waals surface area contributed by atoms with Crippen LogP contribution in [0.25, 0.3) is 11.1 Å². The van der Waals surface area contributed by atoms with Crippen LogP contribution >= 0.6 is 0 Å². The Bertz CT molecular complexity index is 891. The minimum atomic E-state index is 0.212. The van der Waals surface area contributed by atoms with Crippen LogP contribution in [0.15, 0.2) is 52.9 Å². The van der Waals surface area contributed by atoms with Crippen molar-refractivity contribution < 1.29 is 13.9 Å². The number of likely N-dealkylation sites (tertiary alicyclic amines) is 1. The number of fused-ring (bicyclic) bond motifs is 1. The number of aryl methyl sites for hydroxylation is 1. The summed E-state index contributed by atoms with van der Waals surface area (Å²) < 4.78 is 11.6. The number of carbonyl (C=O) groups excluding carboxylic acids is 1. The molecule has 1 aliphatic heterocycles. The van der Waals surface area contributed by atoms with Gasteiger partial charge in [-0.25, -0.2) is 4.98 Å². The van der Waals surface area contributed by atoms with E-state index in [2.05, 4.69) is 11.9 Å². The number of amides is 1. The maximum Gasteiger partial charge on any atom is 0.222 e. The van der Waals surface area contributed by atoms with Crippen LogP contribution < -0.4 is 4.74 Å². The highest BCUT2D eigenvalue weighted by molar-refractivity contribution is 5.76. The van der Waals surface area contributed by atoms with E-state index in [-0.39, 0.29) is 5.91 Å². The fraction of sp³-hybridized carbons (Fsp3) is 0.391. The lowest BCUT2D eigenvalue weighted by molar-refractivity contribution is -0.132. The molecule has 0 unspecified atom stereocenters. The lowest BCUT2D eigenvalue weighted by Crippen LogP contribution is -2.38. The molecule has 5 heteroatoms. The van der Waals surface area contributed by atoms with Gasteiger partial charge in [-0.2, -0.15) is 0 Å². The van der Waals surface area contributed by atoms with E-state index in [1.165, 1.54) is 5.56 Å². The Kier molecular flexibility index (Phi) is 5.60. The zero-order valence-electron chi connectivity index (χ0n) is 16.3. The molecular weight excluding hydrogens is 352 g/mol. The van der Waals surface area contributed by atoms with Crippen LogP contribution in [0, 0.1) is 6.92 Å². The molecule has 3 aromatic rings. The normalized spacial score (nSPS) is 15.1. The number of carbonyl (C=O) groups is 1. The van der Waals surface area contributed by atoms with E-state index >= 15 is 0 Å². The van der Waals surface area contributed by atoms with Gasteiger partial charge in [0.05, 0.1) is 6.61 Å². The summed E-state index contributed by atoms with van der Waals surface area (Å²) in [4.78, 5) is 19.0. The second kappa shape index (κ2) is 8.46. The van der Waals surface area contributed by atoms with Crippen molar-refractivity contribution in [1.82, 2.24) is 9.88 Å². The summed E-state index contributed by atoms with van der Waals surface area (Å²) in [6.45, 7) is 4.14. The van der Waals surface area contributed by atoms with Crippen LogP contribution in [0.5, 0.6) is 5.75 Å². The Hall–Kier alpha value is -2.82. The van der Waals surface area contributed by atoms with Crippen LogP contribution in [-0.2, 0) is 4.79 Å². The Morgan fingerprint density at radius 2 is 1.89 bits per heavy atom. The molecular formula is C23H26N2O3. The van der Waals surface area contributed by atoms with E-state index in [1.807, 2.05) is 53.4 Å². The summed E-state index contributed by atoms with van der Waals surface area (Å²) in [5.74, 6) is 2.17. The Morgan fingerprint density at radius 3 is 2.64 bits per heavy atom. The van der Waals surface area contributed by atoms with Gasteiger partial charge >= 0.3 is 0 Å². The minimum Gasteiger partial charge on any atom is -0.494 e. The molecule has 1 saturated heterocycles. The molecule has 2 aromatic carbocycles. The minimum absolute atomic E-state index is 0.212. The van der Waals surface area contributed by atoms with E-state index in [0.29, 0.717) is 18.9 Å². The van der Waals surface area contributed by atoms with Crippen molar-refractivity contribution in [2.45, 2.75) is 38.5 Å². The van der Waals surface area contributed by atoms with Gasteiger partial charge in [-0.3, -0.25) is 4.79 Å². The van der Waals surface area contributed by atoms with Crippen molar-refractivity contribution in [3.05, 3.63) is 60.0 Å². The van der Waals surface area contributed by atoms with Crippen molar-refractivity contribution in [3.63, 3.8) is 0 Å². The summed E-state index contributed by atoms with van der Waals surface area (Å²) in [5.41, 5.74) is 2.96. The predicted molar refractivity (Wildman–Crippen MR) is 108 cm³/mol. The molecule has 0 N–H and O–H groups in total. The molecule has 146 valence electrons. The number of aromatic nitrogens is 1. The van der Waals surface area contributed by atoms with E-state index in [0.717, 1.165) is 55.1 Å². The average molecular weight is 378 g/mol. The fourth-order valence-corrected chi connectivity index (χ4v) is 3.65. The number of hydrogen-bond donors (Lipinski definition) is 0. The highest BCUT2D eigenvalue weighted by atomic mass is 16.5. The van der Waals surface area contributed by atoms with Gasteiger partial charge in [-0.05, 0) is 50.5 Å². The zero-order valence-corrected chi connectivity index (χ0v) is 16.3. The molecule has 0 aliphatic carbocycles. The second-order valence-electron chi connectivity index (χ2n) is 7.44. The molecule has 4 rings (SSSR count). The van der Waals surface area contributed by atoms with E-state index < -0.39 is 0 Å². The predicted octanol–water partition coefficient (Wildman–Crippen LogP) is 4.70. The number of ether oxygens (including phenoxy) is 1. The molecule has 2 heterocycles.